The molecule has 0 spiro atoms. The van der Waals surface area contributed by atoms with Crippen molar-refractivity contribution in [2.45, 2.75) is 4.90 Å². The third-order valence-corrected chi connectivity index (χ3v) is 3.68. The summed E-state index contributed by atoms with van der Waals surface area (Å²) in [4.78, 5) is 16.8. The van der Waals surface area contributed by atoms with Gasteiger partial charge >= 0.3 is 0 Å². The molecular formula is C14H13ClN2OS. The summed E-state index contributed by atoms with van der Waals surface area (Å²) in [5.41, 5.74) is 0.631. The molecule has 1 amide bonds. The fourth-order valence-electron chi connectivity index (χ4n) is 1.47. The molecule has 0 aliphatic heterocycles. The molecule has 2 aromatic rings. The molecule has 0 unspecified atom stereocenters. The predicted molar refractivity (Wildman–Crippen MR) is 78.7 cm³/mol. The van der Waals surface area contributed by atoms with E-state index in [1.165, 1.54) is 0 Å². The van der Waals surface area contributed by atoms with Crippen molar-refractivity contribution in [3.8, 4) is 0 Å². The lowest BCUT2D eigenvalue weighted by atomic mass is 10.2. The van der Waals surface area contributed by atoms with Crippen molar-refractivity contribution in [1.82, 2.24) is 10.3 Å². The molecule has 1 aromatic carbocycles. The Kier molecular flexibility index (Phi) is 5.24. The van der Waals surface area contributed by atoms with E-state index in [1.807, 2.05) is 24.3 Å². The van der Waals surface area contributed by atoms with E-state index in [1.54, 1.807) is 36.3 Å². The summed E-state index contributed by atoms with van der Waals surface area (Å²) in [5, 5.41) is 3.60. The van der Waals surface area contributed by atoms with Crippen molar-refractivity contribution in [2.24, 2.45) is 0 Å². The van der Waals surface area contributed by atoms with Crippen LogP contribution in [0.1, 0.15) is 10.4 Å². The summed E-state index contributed by atoms with van der Waals surface area (Å²) in [6, 6.07) is 11.1. The molecule has 0 fully saturated rings. The number of rotatable bonds is 5. The Morgan fingerprint density at radius 2 is 1.84 bits per heavy atom. The third kappa shape index (κ3) is 4.58. The molecule has 2 rings (SSSR count). The number of carbonyl (C=O) groups excluding carboxylic acids is 1. The van der Waals surface area contributed by atoms with Crippen molar-refractivity contribution < 1.29 is 4.79 Å². The normalized spacial score (nSPS) is 10.2. The first-order valence-corrected chi connectivity index (χ1v) is 7.18. The highest BCUT2D eigenvalue weighted by atomic mass is 35.5. The topological polar surface area (TPSA) is 42.0 Å². The molecule has 5 heteroatoms. The molecule has 0 saturated carbocycles. The number of hydrogen-bond donors (Lipinski definition) is 1. The molecule has 1 heterocycles. The van der Waals surface area contributed by atoms with E-state index in [0.717, 1.165) is 15.7 Å². The van der Waals surface area contributed by atoms with Gasteiger partial charge < -0.3 is 5.32 Å². The zero-order chi connectivity index (χ0) is 13.5. The fourth-order valence-corrected chi connectivity index (χ4v) is 2.36. The van der Waals surface area contributed by atoms with Crippen LogP contribution in [0, 0.1) is 0 Å². The van der Waals surface area contributed by atoms with Crippen LogP contribution < -0.4 is 5.32 Å². The van der Waals surface area contributed by atoms with E-state index in [9.17, 15) is 4.79 Å². The van der Waals surface area contributed by atoms with E-state index in [2.05, 4.69) is 10.3 Å². The highest BCUT2D eigenvalue weighted by Crippen LogP contribution is 2.19. The van der Waals surface area contributed by atoms with Gasteiger partial charge in [0.1, 0.15) is 0 Å². The van der Waals surface area contributed by atoms with Gasteiger partial charge in [-0.1, -0.05) is 11.6 Å². The molecule has 0 bridgehead atoms. The number of pyridine rings is 1. The van der Waals surface area contributed by atoms with Crippen LogP contribution in [0.25, 0.3) is 0 Å². The van der Waals surface area contributed by atoms with Gasteiger partial charge in [0.05, 0.1) is 0 Å². The zero-order valence-corrected chi connectivity index (χ0v) is 11.7. The van der Waals surface area contributed by atoms with E-state index >= 15 is 0 Å². The minimum absolute atomic E-state index is 0.0703. The second-order valence-corrected chi connectivity index (χ2v) is 5.40. The second kappa shape index (κ2) is 7.16. The average molecular weight is 293 g/mol. The van der Waals surface area contributed by atoms with Gasteiger partial charge in [0.15, 0.2) is 0 Å². The van der Waals surface area contributed by atoms with Crippen molar-refractivity contribution in [2.75, 3.05) is 12.3 Å². The lowest BCUT2D eigenvalue weighted by Gasteiger charge is -2.05. The Morgan fingerprint density at radius 1 is 1.16 bits per heavy atom. The number of halogens is 1. The van der Waals surface area contributed by atoms with Crippen molar-refractivity contribution in [3.63, 3.8) is 0 Å². The Hall–Kier alpha value is -1.52. The number of carbonyl (C=O) groups is 1. The van der Waals surface area contributed by atoms with Crippen LogP contribution in [0.4, 0.5) is 0 Å². The smallest absolute Gasteiger partial charge is 0.251 e. The maximum absolute atomic E-state index is 11.7. The van der Waals surface area contributed by atoms with Crippen LogP contribution in [-0.2, 0) is 0 Å². The summed E-state index contributed by atoms with van der Waals surface area (Å²) in [5.74, 6) is 0.748. The lowest BCUT2D eigenvalue weighted by Crippen LogP contribution is -2.25. The molecule has 0 radical (unpaired) electrons. The van der Waals surface area contributed by atoms with Crippen molar-refractivity contribution in [3.05, 3.63) is 59.4 Å². The van der Waals surface area contributed by atoms with Gasteiger partial charge in [-0.05, 0) is 36.4 Å². The predicted octanol–water partition coefficient (Wildman–Crippen LogP) is 3.26. The lowest BCUT2D eigenvalue weighted by molar-refractivity contribution is 0.0956. The van der Waals surface area contributed by atoms with E-state index in [4.69, 9.17) is 11.6 Å². The van der Waals surface area contributed by atoms with Crippen LogP contribution in [-0.4, -0.2) is 23.2 Å². The van der Waals surface area contributed by atoms with Gasteiger partial charge in [0, 0.05) is 40.2 Å². The van der Waals surface area contributed by atoms with E-state index < -0.39 is 0 Å². The SMILES string of the molecule is O=C(NCCSc1ccc(Cl)cc1)c1ccncc1. The molecule has 19 heavy (non-hydrogen) atoms. The largest absolute Gasteiger partial charge is 0.351 e. The Morgan fingerprint density at radius 3 is 2.53 bits per heavy atom. The summed E-state index contributed by atoms with van der Waals surface area (Å²) < 4.78 is 0. The number of aromatic nitrogens is 1. The highest BCUT2D eigenvalue weighted by Gasteiger charge is 2.03. The van der Waals surface area contributed by atoms with Crippen molar-refractivity contribution in [1.29, 1.82) is 0 Å². The molecule has 0 aliphatic carbocycles. The Labute approximate surface area is 121 Å². The van der Waals surface area contributed by atoms with Gasteiger partial charge in [0.25, 0.3) is 5.91 Å². The maximum Gasteiger partial charge on any atom is 0.251 e. The number of thioether (sulfide) groups is 1. The number of hydrogen-bond acceptors (Lipinski definition) is 3. The first-order chi connectivity index (χ1) is 9.25. The summed E-state index contributed by atoms with van der Waals surface area (Å²) in [7, 11) is 0. The Balaban J connectivity index is 1.72. The standard InChI is InChI=1S/C14H13ClN2OS/c15-12-1-3-13(4-2-12)19-10-9-17-14(18)11-5-7-16-8-6-11/h1-8H,9-10H2,(H,17,18). The number of amides is 1. The molecule has 98 valence electrons. The van der Waals surface area contributed by atoms with Crippen molar-refractivity contribution >= 4 is 29.3 Å². The Bertz CT molecular complexity index is 531. The summed E-state index contributed by atoms with van der Waals surface area (Å²) in [6.07, 6.45) is 3.22. The first kappa shape index (κ1) is 13.9. The first-order valence-electron chi connectivity index (χ1n) is 5.82. The minimum atomic E-state index is -0.0703. The number of nitrogens with zero attached hydrogens (tertiary/aromatic N) is 1. The number of benzene rings is 1. The monoisotopic (exact) mass is 292 g/mol. The molecule has 1 aromatic heterocycles. The molecular weight excluding hydrogens is 280 g/mol. The summed E-state index contributed by atoms with van der Waals surface area (Å²) in [6.45, 7) is 0.619. The van der Waals surface area contributed by atoms with Gasteiger partial charge in [-0.3, -0.25) is 9.78 Å². The van der Waals surface area contributed by atoms with E-state index in [-0.39, 0.29) is 5.91 Å². The van der Waals surface area contributed by atoms with Crippen LogP contribution in [0.5, 0.6) is 0 Å². The van der Waals surface area contributed by atoms with Gasteiger partial charge in [-0.25, -0.2) is 0 Å². The van der Waals surface area contributed by atoms with Crippen LogP contribution in [0.15, 0.2) is 53.7 Å². The fraction of sp³-hybridized carbons (Fsp3) is 0.143. The van der Waals surface area contributed by atoms with Gasteiger partial charge in [-0.15, -0.1) is 11.8 Å². The highest BCUT2D eigenvalue weighted by molar-refractivity contribution is 7.99. The maximum atomic E-state index is 11.7. The quantitative estimate of drug-likeness (QED) is 0.679. The molecule has 1 N–H and O–H groups in total. The number of nitrogens with one attached hydrogen (secondary N) is 1. The molecule has 0 saturated heterocycles. The molecule has 3 nitrogen and oxygen atoms in total. The molecule has 0 aliphatic rings. The van der Waals surface area contributed by atoms with E-state index in [0.29, 0.717) is 12.1 Å². The minimum Gasteiger partial charge on any atom is -0.351 e. The van der Waals surface area contributed by atoms with Crippen LogP contribution in [0.2, 0.25) is 5.02 Å². The van der Waals surface area contributed by atoms with Gasteiger partial charge in [-0.2, -0.15) is 0 Å². The second-order valence-electron chi connectivity index (χ2n) is 3.79. The summed E-state index contributed by atoms with van der Waals surface area (Å²) >= 11 is 7.49. The zero-order valence-electron chi connectivity index (χ0n) is 10.2. The third-order valence-electron chi connectivity index (χ3n) is 2.41. The van der Waals surface area contributed by atoms with Crippen LogP contribution >= 0.6 is 23.4 Å². The van der Waals surface area contributed by atoms with Gasteiger partial charge in [0.2, 0.25) is 0 Å². The van der Waals surface area contributed by atoms with Crippen LogP contribution in [0.3, 0.4) is 0 Å². The molecule has 0 atom stereocenters. The average Bonchev–Trinajstić information content (AvgIpc) is 2.46.